The number of aromatic hydroxyl groups is 1. The number of hydrogen-bond donors (Lipinski definition) is 6. The van der Waals surface area contributed by atoms with Crippen molar-refractivity contribution in [3.8, 4) is 17.6 Å². The number of fused-ring (bicyclic) bond motifs is 3. The maximum absolute atomic E-state index is 13.9. The normalized spacial score (nSPS) is 29.8. The van der Waals surface area contributed by atoms with Crippen LogP contribution in [0.3, 0.4) is 0 Å². The van der Waals surface area contributed by atoms with E-state index in [4.69, 9.17) is 5.73 Å². The zero-order valence-electron chi connectivity index (χ0n) is 21.8. The molecule has 4 aliphatic rings. The number of likely N-dealkylation sites (N-methyl/N-ethyl adjacent to an activating group) is 1. The largest absolute Gasteiger partial charge is 0.508 e. The van der Waals surface area contributed by atoms with Crippen molar-refractivity contribution in [3.63, 3.8) is 0 Å². The van der Waals surface area contributed by atoms with Crippen molar-refractivity contribution in [2.45, 2.75) is 62.2 Å². The van der Waals surface area contributed by atoms with Gasteiger partial charge in [-0.15, -0.1) is 0 Å². The van der Waals surface area contributed by atoms with E-state index in [2.05, 4.69) is 11.8 Å². The third-order valence-electron chi connectivity index (χ3n) is 8.71. The molecule has 0 radical (unpaired) electrons. The van der Waals surface area contributed by atoms with E-state index >= 15 is 0 Å². The van der Waals surface area contributed by atoms with Gasteiger partial charge in [-0.2, -0.15) is 0 Å². The maximum atomic E-state index is 13.9. The van der Waals surface area contributed by atoms with E-state index in [0.717, 1.165) is 19.3 Å². The summed E-state index contributed by atoms with van der Waals surface area (Å²) in [6, 6.07) is 1.78. The smallest absolute Gasteiger partial charge is 0.255 e. The van der Waals surface area contributed by atoms with Crippen LogP contribution in [0.1, 0.15) is 55.2 Å². The van der Waals surface area contributed by atoms with Gasteiger partial charge >= 0.3 is 0 Å². The van der Waals surface area contributed by atoms with Gasteiger partial charge in [0.25, 0.3) is 5.91 Å². The minimum atomic E-state index is -2.68. The number of phenols is 1. The minimum absolute atomic E-state index is 0.00176. The zero-order chi connectivity index (χ0) is 28.4. The van der Waals surface area contributed by atoms with Crippen LogP contribution in [0.5, 0.6) is 5.75 Å². The van der Waals surface area contributed by atoms with Gasteiger partial charge < -0.3 is 31.3 Å². The summed E-state index contributed by atoms with van der Waals surface area (Å²) in [5, 5.41) is 55.4. The predicted octanol–water partition coefficient (Wildman–Crippen LogP) is 1.01. The van der Waals surface area contributed by atoms with E-state index in [1.54, 1.807) is 20.2 Å². The summed E-state index contributed by atoms with van der Waals surface area (Å²) in [5.41, 5.74) is 1.41. The van der Waals surface area contributed by atoms with Crippen LogP contribution in [0.25, 0.3) is 5.76 Å². The summed E-state index contributed by atoms with van der Waals surface area (Å²) in [7, 11) is 3.10. The van der Waals surface area contributed by atoms with Crippen molar-refractivity contribution in [1.82, 2.24) is 4.90 Å². The van der Waals surface area contributed by atoms with Gasteiger partial charge in [-0.1, -0.05) is 18.3 Å². The Morgan fingerprint density at radius 2 is 1.74 bits per heavy atom. The average Bonchev–Trinajstić information content (AvgIpc) is 2.86. The number of amides is 1. The van der Waals surface area contributed by atoms with Gasteiger partial charge in [-0.05, 0) is 76.2 Å². The molecule has 1 amide bonds. The Hall–Kier alpha value is -3.65. The molecule has 5 rings (SSSR count). The van der Waals surface area contributed by atoms with Gasteiger partial charge in [-0.3, -0.25) is 19.3 Å². The molecule has 0 saturated heterocycles. The average molecular weight is 537 g/mol. The van der Waals surface area contributed by atoms with Crippen molar-refractivity contribution in [3.05, 3.63) is 45.7 Å². The summed E-state index contributed by atoms with van der Waals surface area (Å²) >= 11 is 0. The topological polar surface area (TPSA) is 182 Å². The summed E-state index contributed by atoms with van der Waals surface area (Å²) in [6.07, 6.45) is 4.01. The second-order valence-electron chi connectivity index (χ2n) is 11.3. The molecule has 206 valence electrons. The number of aliphatic hydroxyl groups is 4. The van der Waals surface area contributed by atoms with E-state index < -0.39 is 63.6 Å². The summed E-state index contributed by atoms with van der Waals surface area (Å²) in [5.74, 6) is -0.982. The molecule has 7 N–H and O–H groups in total. The number of benzene rings is 1. The number of phenolic OH excluding ortho intramolecular Hbond substituents is 1. The molecule has 2 fully saturated rings. The standard InChI is InChI=1S/C29H32N2O8/c1-31(2)22-17-13-15-12-16-14(8-11-28(38)9-4-3-5-10-28)6-7-18(32)20(16)23(33)19(15)25(35)29(17,39)26(36)21(24(22)34)27(30)37/h6-7,15,17,22,32-33,36,38-39H,3-5,9-10,12-13H2,1-2H3,(H2,30,37)/t15-,17-,22-,29-/m1/s1. The molecular weight excluding hydrogens is 504 g/mol. The molecule has 39 heavy (non-hydrogen) atoms. The second kappa shape index (κ2) is 9.23. The molecule has 1 aromatic carbocycles. The van der Waals surface area contributed by atoms with Crippen molar-refractivity contribution in [2.75, 3.05) is 14.1 Å². The molecule has 10 heteroatoms. The lowest BCUT2D eigenvalue weighted by Crippen LogP contribution is -2.65. The molecule has 4 aliphatic carbocycles. The maximum Gasteiger partial charge on any atom is 0.255 e. The molecular formula is C29H32N2O8. The molecule has 0 heterocycles. The second-order valence-corrected chi connectivity index (χ2v) is 11.3. The van der Waals surface area contributed by atoms with Gasteiger partial charge in [0, 0.05) is 17.1 Å². The number of carbonyl (C=O) groups is 3. The fourth-order valence-electron chi connectivity index (χ4n) is 6.81. The van der Waals surface area contributed by atoms with Crippen molar-refractivity contribution < 1.29 is 39.9 Å². The number of nitrogens with zero attached hydrogens (tertiary/aromatic N) is 1. The number of ketones is 2. The lowest BCUT2D eigenvalue weighted by atomic mass is 9.57. The lowest BCUT2D eigenvalue weighted by Gasteiger charge is -2.50. The quantitative estimate of drug-likeness (QED) is 0.237. The summed E-state index contributed by atoms with van der Waals surface area (Å²) in [6.45, 7) is 0. The van der Waals surface area contributed by atoms with Gasteiger partial charge in [0.15, 0.2) is 11.4 Å². The fourth-order valence-corrected chi connectivity index (χ4v) is 6.81. The SMILES string of the molecule is CN(C)[C@H]1C(=O)C(C(N)=O)=C(O)[C@]2(O)C(=O)C3=C(O)c4c(O)ccc(C#CC5(O)CCCCC5)c4C[C@@H]3C[C@H]12. The minimum Gasteiger partial charge on any atom is -0.508 e. The van der Waals surface area contributed by atoms with Crippen LogP contribution in [0.2, 0.25) is 0 Å². The Morgan fingerprint density at radius 3 is 2.36 bits per heavy atom. The Morgan fingerprint density at radius 1 is 1.08 bits per heavy atom. The first-order valence-electron chi connectivity index (χ1n) is 13.1. The highest BCUT2D eigenvalue weighted by molar-refractivity contribution is 6.24. The monoisotopic (exact) mass is 536 g/mol. The van der Waals surface area contributed by atoms with Crippen LogP contribution in [0.4, 0.5) is 0 Å². The highest BCUT2D eigenvalue weighted by atomic mass is 16.3. The Labute approximate surface area is 225 Å². The molecule has 10 nitrogen and oxygen atoms in total. The number of Topliss-reactive ketones (excluding diaryl/α,β-unsaturated/α-hetero) is 2. The molecule has 0 spiro atoms. The lowest BCUT2D eigenvalue weighted by molar-refractivity contribution is -0.153. The number of nitrogens with two attached hydrogens (primary N) is 1. The Balaban J connectivity index is 1.66. The van der Waals surface area contributed by atoms with E-state index in [1.165, 1.54) is 11.0 Å². The zero-order valence-corrected chi connectivity index (χ0v) is 21.8. The first-order valence-corrected chi connectivity index (χ1v) is 13.1. The van der Waals surface area contributed by atoms with Crippen molar-refractivity contribution in [2.24, 2.45) is 17.6 Å². The first-order chi connectivity index (χ1) is 18.3. The van der Waals surface area contributed by atoms with Gasteiger partial charge in [0.1, 0.15) is 28.4 Å². The van der Waals surface area contributed by atoms with Crippen LogP contribution in [0, 0.1) is 23.7 Å². The molecule has 0 aliphatic heterocycles. The summed E-state index contributed by atoms with van der Waals surface area (Å²) < 4.78 is 0. The molecule has 0 unspecified atom stereocenters. The number of carbonyl (C=O) groups excluding carboxylic acids is 3. The molecule has 2 saturated carbocycles. The number of aliphatic hydroxyl groups excluding tert-OH is 2. The highest BCUT2D eigenvalue weighted by Gasteiger charge is 2.64. The molecule has 0 aromatic heterocycles. The summed E-state index contributed by atoms with van der Waals surface area (Å²) in [4.78, 5) is 40.6. The molecule has 4 atom stereocenters. The molecule has 1 aromatic rings. The van der Waals surface area contributed by atoms with E-state index in [0.29, 0.717) is 24.0 Å². The Kier molecular flexibility index (Phi) is 6.37. The van der Waals surface area contributed by atoms with E-state index in [1.807, 2.05) is 0 Å². The van der Waals surface area contributed by atoms with Crippen LogP contribution in [-0.2, 0) is 20.8 Å². The van der Waals surface area contributed by atoms with Gasteiger partial charge in [-0.25, -0.2) is 0 Å². The fraction of sp³-hybridized carbons (Fsp3) is 0.483. The van der Waals surface area contributed by atoms with Crippen LogP contribution < -0.4 is 5.73 Å². The van der Waals surface area contributed by atoms with Crippen LogP contribution in [0.15, 0.2) is 29.0 Å². The van der Waals surface area contributed by atoms with Gasteiger partial charge in [0.2, 0.25) is 5.78 Å². The number of rotatable bonds is 2. The highest BCUT2D eigenvalue weighted by Crippen LogP contribution is 2.52. The van der Waals surface area contributed by atoms with E-state index in [-0.39, 0.29) is 29.7 Å². The van der Waals surface area contributed by atoms with Crippen molar-refractivity contribution >= 4 is 23.2 Å². The molecule has 0 bridgehead atoms. The van der Waals surface area contributed by atoms with Crippen molar-refractivity contribution in [1.29, 1.82) is 0 Å². The van der Waals surface area contributed by atoms with Gasteiger partial charge in [0.05, 0.1) is 11.6 Å². The number of hydrogen-bond acceptors (Lipinski definition) is 9. The third kappa shape index (κ3) is 3.95. The first kappa shape index (κ1) is 26.9. The predicted molar refractivity (Wildman–Crippen MR) is 139 cm³/mol. The van der Waals surface area contributed by atoms with E-state index in [9.17, 15) is 39.9 Å². The van der Waals surface area contributed by atoms with Crippen LogP contribution in [-0.4, -0.2) is 79.2 Å². The Bertz CT molecular complexity index is 1420. The van der Waals surface area contributed by atoms with Crippen LogP contribution >= 0.6 is 0 Å². The third-order valence-corrected chi connectivity index (χ3v) is 8.71. The number of primary amides is 1.